The summed E-state index contributed by atoms with van der Waals surface area (Å²) in [6.45, 7) is 3.95. The van der Waals surface area contributed by atoms with E-state index in [1.807, 2.05) is 0 Å². The summed E-state index contributed by atoms with van der Waals surface area (Å²) in [5, 5.41) is 2.13. The van der Waals surface area contributed by atoms with E-state index in [1.54, 1.807) is 42.2 Å². The summed E-state index contributed by atoms with van der Waals surface area (Å²) in [6, 6.07) is 8.37. The highest BCUT2D eigenvalue weighted by molar-refractivity contribution is 7.89. The second-order valence-corrected chi connectivity index (χ2v) is 9.91. The molecule has 2 aromatic carbocycles. The normalized spacial score (nSPS) is 21.0. The lowest BCUT2D eigenvalue weighted by Crippen LogP contribution is -2.52. The summed E-state index contributed by atoms with van der Waals surface area (Å²) >= 11 is 5.98. The van der Waals surface area contributed by atoms with E-state index in [2.05, 4.69) is 4.72 Å². The summed E-state index contributed by atoms with van der Waals surface area (Å²) in [4.78, 5) is 28.8. The lowest BCUT2D eigenvalue weighted by Gasteiger charge is -2.32. The van der Waals surface area contributed by atoms with Crippen molar-refractivity contribution < 1.29 is 22.7 Å². The van der Waals surface area contributed by atoms with E-state index in [9.17, 15) is 18.0 Å². The number of fused-ring (bicyclic) bond motifs is 1. The Morgan fingerprint density at radius 1 is 1.13 bits per heavy atom. The Morgan fingerprint density at radius 3 is 2.55 bits per heavy atom. The number of hydrogen-bond acceptors (Lipinski definition) is 5. The summed E-state index contributed by atoms with van der Waals surface area (Å²) in [6.07, 6.45) is 0.308. The molecule has 4 rings (SSSR count). The number of nitrogens with zero attached hydrogens (tertiary/aromatic N) is 2. The van der Waals surface area contributed by atoms with E-state index in [1.165, 1.54) is 11.0 Å². The minimum absolute atomic E-state index is 0.0750. The van der Waals surface area contributed by atoms with Gasteiger partial charge in [-0.1, -0.05) is 23.7 Å². The molecule has 0 aromatic heterocycles. The number of halogens is 1. The number of carbonyl (C=O) groups excluding carboxylic acids is 2. The second-order valence-electron chi connectivity index (χ2n) is 7.76. The molecule has 8 nitrogen and oxygen atoms in total. The molecule has 0 aliphatic carbocycles. The Bertz CT molecular complexity index is 1120. The number of nitrogens with one attached hydrogen (secondary N) is 1. The van der Waals surface area contributed by atoms with Crippen LogP contribution in [0.1, 0.15) is 13.3 Å². The lowest BCUT2D eigenvalue weighted by molar-refractivity contribution is -0.146. The maximum atomic E-state index is 12.9. The van der Waals surface area contributed by atoms with Crippen LogP contribution in [-0.4, -0.2) is 75.0 Å². The number of rotatable bonds is 5. The summed E-state index contributed by atoms with van der Waals surface area (Å²) < 4.78 is 33.6. The number of carbonyl (C=O) groups is 2. The highest BCUT2D eigenvalue weighted by Gasteiger charge is 2.40. The van der Waals surface area contributed by atoms with E-state index in [0.29, 0.717) is 44.3 Å². The quantitative estimate of drug-likeness (QED) is 0.723. The Balaban J connectivity index is 1.46. The maximum absolute atomic E-state index is 12.9. The van der Waals surface area contributed by atoms with Crippen LogP contribution in [0.3, 0.4) is 0 Å². The van der Waals surface area contributed by atoms with Crippen molar-refractivity contribution in [3.8, 4) is 0 Å². The van der Waals surface area contributed by atoms with Crippen LogP contribution in [0.5, 0.6) is 0 Å². The average Bonchev–Trinajstić information content (AvgIpc) is 3.12. The van der Waals surface area contributed by atoms with Crippen molar-refractivity contribution in [3.63, 3.8) is 0 Å². The van der Waals surface area contributed by atoms with Gasteiger partial charge in [-0.25, -0.2) is 8.42 Å². The number of ether oxygens (including phenoxy) is 1. The Morgan fingerprint density at radius 2 is 1.81 bits per heavy atom. The molecule has 2 amide bonds. The van der Waals surface area contributed by atoms with Gasteiger partial charge in [0, 0.05) is 24.7 Å². The Hall–Kier alpha value is -2.20. The zero-order valence-corrected chi connectivity index (χ0v) is 18.7. The molecular weight excluding hydrogens is 442 g/mol. The molecular formula is C21H24ClN3O5S. The van der Waals surface area contributed by atoms with Crippen molar-refractivity contribution in [2.24, 2.45) is 0 Å². The molecule has 0 spiro atoms. The first kappa shape index (κ1) is 22.0. The molecule has 2 aromatic rings. The fraction of sp³-hybridized carbons (Fsp3) is 0.429. The van der Waals surface area contributed by atoms with Gasteiger partial charge < -0.3 is 14.5 Å². The highest BCUT2D eigenvalue weighted by Crippen LogP contribution is 2.24. The molecule has 2 atom stereocenters. The van der Waals surface area contributed by atoms with Crippen LogP contribution in [0.4, 0.5) is 0 Å². The SMILES string of the molecule is C[C@H](C(=O)N1CCOCC1)N1CC[C@H](NS(=O)(=O)c2ccc3cc(Cl)ccc3c2)C1=O. The van der Waals surface area contributed by atoms with Crippen molar-refractivity contribution in [2.45, 2.75) is 30.3 Å². The van der Waals surface area contributed by atoms with Crippen LogP contribution in [0, 0.1) is 0 Å². The van der Waals surface area contributed by atoms with Crippen molar-refractivity contribution >= 4 is 44.2 Å². The molecule has 0 bridgehead atoms. The van der Waals surface area contributed by atoms with Crippen molar-refractivity contribution in [1.82, 2.24) is 14.5 Å². The molecule has 0 radical (unpaired) electrons. The number of morpholine rings is 1. The first-order valence-corrected chi connectivity index (χ1v) is 12.0. The monoisotopic (exact) mass is 465 g/mol. The van der Waals surface area contributed by atoms with E-state index >= 15 is 0 Å². The first-order valence-electron chi connectivity index (χ1n) is 10.1. The van der Waals surface area contributed by atoms with Gasteiger partial charge in [0.05, 0.1) is 18.1 Å². The molecule has 166 valence electrons. The lowest BCUT2D eigenvalue weighted by atomic mass is 10.1. The third-order valence-electron chi connectivity index (χ3n) is 5.77. The number of hydrogen-bond donors (Lipinski definition) is 1. The van der Waals surface area contributed by atoms with Gasteiger partial charge in [0.15, 0.2) is 0 Å². The molecule has 2 aliphatic rings. The van der Waals surface area contributed by atoms with Gasteiger partial charge in [-0.05, 0) is 48.4 Å². The predicted molar refractivity (Wildman–Crippen MR) is 116 cm³/mol. The molecule has 2 saturated heterocycles. The van der Waals surface area contributed by atoms with Gasteiger partial charge in [0.25, 0.3) is 0 Å². The molecule has 10 heteroatoms. The molecule has 2 aliphatic heterocycles. The summed E-state index contributed by atoms with van der Waals surface area (Å²) in [7, 11) is -3.91. The number of amides is 2. The number of sulfonamides is 1. The zero-order chi connectivity index (χ0) is 22.2. The number of benzene rings is 2. The van der Waals surface area contributed by atoms with Crippen molar-refractivity contribution in [3.05, 3.63) is 41.4 Å². The standard InChI is InChI=1S/C21H24ClN3O5S/c1-14(20(26)24-8-10-30-11-9-24)25-7-6-19(21(25)27)23-31(28,29)18-5-3-15-12-17(22)4-2-16(15)13-18/h2-5,12-14,19,23H,6-11H2,1H3/t14-,19+/m1/s1. The topological polar surface area (TPSA) is 96.0 Å². The molecule has 31 heavy (non-hydrogen) atoms. The fourth-order valence-electron chi connectivity index (χ4n) is 3.99. The molecule has 0 unspecified atom stereocenters. The molecule has 1 N–H and O–H groups in total. The minimum atomic E-state index is -3.91. The van der Waals surface area contributed by atoms with Crippen LogP contribution >= 0.6 is 11.6 Å². The fourth-order valence-corrected chi connectivity index (χ4v) is 5.43. The highest BCUT2D eigenvalue weighted by atomic mass is 35.5. The van der Waals surface area contributed by atoms with Crippen LogP contribution in [0.15, 0.2) is 41.3 Å². The summed E-state index contributed by atoms with van der Waals surface area (Å²) in [5.74, 6) is -0.529. The predicted octanol–water partition coefficient (Wildman–Crippen LogP) is 1.62. The van der Waals surface area contributed by atoms with Gasteiger partial charge in [-0.15, -0.1) is 0 Å². The zero-order valence-electron chi connectivity index (χ0n) is 17.1. The van der Waals surface area contributed by atoms with Gasteiger partial charge >= 0.3 is 0 Å². The van der Waals surface area contributed by atoms with E-state index in [-0.39, 0.29) is 16.7 Å². The van der Waals surface area contributed by atoms with Crippen LogP contribution < -0.4 is 4.72 Å². The van der Waals surface area contributed by atoms with Gasteiger partial charge in [-0.3, -0.25) is 9.59 Å². The molecule has 2 fully saturated rings. The third-order valence-corrected chi connectivity index (χ3v) is 7.47. The van der Waals surface area contributed by atoms with Crippen molar-refractivity contribution in [2.75, 3.05) is 32.8 Å². The number of likely N-dealkylation sites (tertiary alicyclic amines) is 1. The smallest absolute Gasteiger partial charge is 0.245 e. The molecule has 2 heterocycles. The van der Waals surface area contributed by atoms with Gasteiger partial charge in [0.2, 0.25) is 21.8 Å². The van der Waals surface area contributed by atoms with Gasteiger partial charge in [-0.2, -0.15) is 4.72 Å². The molecule has 0 saturated carbocycles. The summed E-state index contributed by atoms with van der Waals surface area (Å²) in [5.41, 5.74) is 0. The van der Waals surface area contributed by atoms with E-state index in [0.717, 1.165) is 10.8 Å². The minimum Gasteiger partial charge on any atom is -0.378 e. The second kappa shape index (κ2) is 8.74. The average molecular weight is 466 g/mol. The van der Waals surface area contributed by atoms with Gasteiger partial charge in [0.1, 0.15) is 12.1 Å². The van der Waals surface area contributed by atoms with Crippen LogP contribution in [-0.2, 0) is 24.3 Å². The first-order chi connectivity index (χ1) is 14.8. The van der Waals surface area contributed by atoms with Crippen molar-refractivity contribution in [1.29, 1.82) is 0 Å². The Labute approximate surface area is 186 Å². The Kier molecular flexibility index (Phi) is 6.20. The van der Waals surface area contributed by atoms with Crippen LogP contribution in [0.25, 0.3) is 10.8 Å². The van der Waals surface area contributed by atoms with E-state index in [4.69, 9.17) is 16.3 Å². The third kappa shape index (κ3) is 4.55. The van der Waals surface area contributed by atoms with E-state index < -0.39 is 22.1 Å². The largest absolute Gasteiger partial charge is 0.378 e. The maximum Gasteiger partial charge on any atom is 0.245 e. The van der Waals surface area contributed by atoms with Crippen LogP contribution in [0.2, 0.25) is 5.02 Å².